The van der Waals surface area contributed by atoms with Crippen LogP contribution in [0.5, 0.6) is 0 Å². The van der Waals surface area contributed by atoms with Gasteiger partial charge >= 0.3 is 0 Å². The lowest BCUT2D eigenvalue weighted by Gasteiger charge is -2.18. The average Bonchev–Trinajstić information content (AvgIpc) is 2.48. The third kappa shape index (κ3) is 4.09. The van der Waals surface area contributed by atoms with Crippen molar-refractivity contribution in [2.45, 2.75) is 24.3 Å². The van der Waals surface area contributed by atoms with Crippen LogP contribution in [0.15, 0.2) is 47.8 Å². The minimum absolute atomic E-state index is 0.166. The second-order valence-corrected chi connectivity index (χ2v) is 6.88. The van der Waals surface area contributed by atoms with Crippen LogP contribution in [0.1, 0.15) is 30.6 Å². The molecule has 0 aliphatic carbocycles. The highest BCUT2D eigenvalue weighted by atomic mass is 32.2. The van der Waals surface area contributed by atoms with Gasteiger partial charge in [0.15, 0.2) is 9.84 Å². The van der Waals surface area contributed by atoms with Gasteiger partial charge in [0.25, 0.3) is 0 Å². The molecule has 5 nitrogen and oxygen atoms in total. The van der Waals surface area contributed by atoms with Crippen LogP contribution >= 0.6 is 0 Å². The molecular formula is C15H19N3O2S. The van der Waals surface area contributed by atoms with Gasteiger partial charge in [-0.3, -0.25) is 9.97 Å². The zero-order valence-electron chi connectivity index (χ0n) is 12.2. The average molecular weight is 305 g/mol. The minimum Gasteiger partial charge on any atom is -0.305 e. The molecular weight excluding hydrogens is 286 g/mol. The van der Waals surface area contributed by atoms with E-state index in [9.17, 15) is 8.42 Å². The van der Waals surface area contributed by atoms with Crippen LogP contribution in [0.4, 0.5) is 0 Å². The van der Waals surface area contributed by atoms with E-state index in [0.29, 0.717) is 4.90 Å². The maximum atomic E-state index is 11.7. The summed E-state index contributed by atoms with van der Waals surface area (Å²) >= 11 is 0. The van der Waals surface area contributed by atoms with Crippen LogP contribution in [0.25, 0.3) is 0 Å². The Labute approximate surface area is 125 Å². The molecule has 6 heteroatoms. The fourth-order valence-corrected chi connectivity index (χ4v) is 2.74. The van der Waals surface area contributed by atoms with Gasteiger partial charge < -0.3 is 5.32 Å². The zero-order chi connectivity index (χ0) is 15.3. The SMILES string of the molecule is CCCNC(c1cccc(S(C)(=O)=O)c1)c1cnccn1. The molecule has 1 aromatic carbocycles. The van der Waals surface area contributed by atoms with Gasteiger partial charge in [0.1, 0.15) is 0 Å². The number of sulfone groups is 1. The monoisotopic (exact) mass is 305 g/mol. The maximum Gasteiger partial charge on any atom is 0.175 e. The van der Waals surface area contributed by atoms with Gasteiger partial charge in [-0.25, -0.2) is 8.42 Å². The first-order chi connectivity index (χ1) is 10.0. The van der Waals surface area contributed by atoms with Crippen molar-refractivity contribution in [3.05, 3.63) is 54.1 Å². The van der Waals surface area contributed by atoms with Crippen LogP contribution in [-0.2, 0) is 9.84 Å². The summed E-state index contributed by atoms with van der Waals surface area (Å²) in [6.07, 6.45) is 7.13. The fraction of sp³-hybridized carbons (Fsp3) is 0.333. The molecule has 0 spiro atoms. The number of nitrogens with one attached hydrogen (secondary N) is 1. The summed E-state index contributed by atoms with van der Waals surface area (Å²) in [4.78, 5) is 8.73. The number of nitrogens with zero attached hydrogens (tertiary/aromatic N) is 2. The number of hydrogen-bond donors (Lipinski definition) is 1. The number of aromatic nitrogens is 2. The number of rotatable bonds is 6. The van der Waals surface area contributed by atoms with Crippen LogP contribution in [-0.4, -0.2) is 31.2 Å². The van der Waals surface area contributed by atoms with Crippen LogP contribution in [0.2, 0.25) is 0 Å². The molecule has 1 heterocycles. The molecule has 1 atom stereocenters. The molecule has 0 aliphatic heterocycles. The highest BCUT2D eigenvalue weighted by Gasteiger charge is 2.17. The standard InChI is InChI=1S/C15H19N3O2S/c1-3-7-18-15(14-11-16-8-9-17-14)12-5-4-6-13(10-12)21(2,19)20/h4-6,8-11,15,18H,3,7H2,1-2H3. The van der Waals surface area contributed by atoms with E-state index >= 15 is 0 Å². The summed E-state index contributed by atoms with van der Waals surface area (Å²) in [5, 5.41) is 3.38. The Morgan fingerprint density at radius 2 is 2.10 bits per heavy atom. The quantitative estimate of drug-likeness (QED) is 0.883. The lowest BCUT2D eigenvalue weighted by Crippen LogP contribution is -2.24. The van der Waals surface area contributed by atoms with Gasteiger partial charge in [0.05, 0.1) is 22.8 Å². The second kappa shape index (κ2) is 6.78. The third-order valence-corrected chi connectivity index (χ3v) is 4.21. The highest BCUT2D eigenvalue weighted by molar-refractivity contribution is 7.90. The Hall–Kier alpha value is -1.79. The molecule has 0 radical (unpaired) electrons. The molecule has 2 aromatic rings. The van der Waals surface area contributed by atoms with Gasteiger partial charge in [-0.05, 0) is 30.7 Å². The molecule has 1 N–H and O–H groups in total. The van der Waals surface area contributed by atoms with Crippen molar-refractivity contribution in [1.29, 1.82) is 0 Å². The smallest absolute Gasteiger partial charge is 0.175 e. The van der Waals surface area contributed by atoms with E-state index in [1.807, 2.05) is 6.07 Å². The van der Waals surface area contributed by atoms with E-state index in [1.54, 1.807) is 36.8 Å². The Kier molecular flexibility index (Phi) is 5.03. The van der Waals surface area contributed by atoms with E-state index in [4.69, 9.17) is 0 Å². The van der Waals surface area contributed by atoms with Crippen LogP contribution < -0.4 is 5.32 Å². The van der Waals surface area contributed by atoms with Gasteiger partial charge in [0, 0.05) is 18.6 Å². The van der Waals surface area contributed by atoms with Crippen LogP contribution in [0, 0.1) is 0 Å². The van der Waals surface area contributed by atoms with Gasteiger partial charge in [-0.2, -0.15) is 0 Å². The maximum absolute atomic E-state index is 11.7. The number of benzene rings is 1. The number of hydrogen-bond acceptors (Lipinski definition) is 5. The summed E-state index contributed by atoms with van der Waals surface area (Å²) in [5.41, 5.74) is 1.64. The second-order valence-electron chi connectivity index (χ2n) is 4.86. The van der Waals surface area contributed by atoms with E-state index in [-0.39, 0.29) is 6.04 Å². The Balaban J connectivity index is 2.42. The van der Waals surface area contributed by atoms with Crippen molar-refractivity contribution in [3.8, 4) is 0 Å². The van der Waals surface area contributed by atoms with Crippen molar-refractivity contribution < 1.29 is 8.42 Å². The van der Waals surface area contributed by atoms with Gasteiger partial charge in [-0.1, -0.05) is 19.1 Å². The molecule has 0 bridgehead atoms. The molecule has 2 rings (SSSR count). The molecule has 0 saturated carbocycles. The molecule has 112 valence electrons. The largest absolute Gasteiger partial charge is 0.305 e. The summed E-state index contributed by atoms with van der Waals surface area (Å²) in [5.74, 6) is 0. The normalized spacial score (nSPS) is 13.0. The first-order valence-corrected chi connectivity index (χ1v) is 8.71. The predicted molar refractivity (Wildman–Crippen MR) is 81.7 cm³/mol. The van der Waals surface area contributed by atoms with Crippen molar-refractivity contribution >= 4 is 9.84 Å². The first kappa shape index (κ1) is 15.6. The molecule has 1 aromatic heterocycles. The fourth-order valence-electron chi connectivity index (χ4n) is 2.07. The molecule has 1 unspecified atom stereocenters. The summed E-state index contributed by atoms with van der Waals surface area (Å²) in [6.45, 7) is 2.89. The topological polar surface area (TPSA) is 72.0 Å². The molecule has 0 aliphatic rings. The van der Waals surface area contributed by atoms with Crippen molar-refractivity contribution in [2.75, 3.05) is 12.8 Å². The van der Waals surface area contributed by atoms with Gasteiger partial charge in [-0.15, -0.1) is 0 Å². The lowest BCUT2D eigenvalue weighted by atomic mass is 10.0. The lowest BCUT2D eigenvalue weighted by molar-refractivity contribution is 0.581. The zero-order valence-corrected chi connectivity index (χ0v) is 13.0. The molecule has 0 saturated heterocycles. The van der Waals surface area contributed by atoms with Crippen molar-refractivity contribution in [2.24, 2.45) is 0 Å². The minimum atomic E-state index is -3.23. The van der Waals surface area contributed by atoms with Crippen molar-refractivity contribution in [3.63, 3.8) is 0 Å². The highest BCUT2D eigenvalue weighted by Crippen LogP contribution is 2.22. The Morgan fingerprint density at radius 1 is 1.29 bits per heavy atom. The van der Waals surface area contributed by atoms with Crippen LogP contribution in [0.3, 0.4) is 0 Å². The predicted octanol–water partition coefficient (Wildman–Crippen LogP) is 1.97. The van der Waals surface area contributed by atoms with Gasteiger partial charge in [0.2, 0.25) is 0 Å². The summed E-state index contributed by atoms with van der Waals surface area (Å²) < 4.78 is 23.4. The van der Waals surface area contributed by atoms with E-state index < -0.39 is 9.84 Å². The van der Waals surface area contributed by atoms with E-state index in [2.05, 4.69) is 22.2 Å². The third-order valence-electron chi connectivity index (χ3n) is 3.10. The Bertz CT molecular complexity index is 687. The molecule has 0 amide bonds. The Morgan fingerprint density at radius 3 is 2.71 bits per heavy atom. The van der Waals surface area contributed by atoms with E-state index in [0.717, 1.165) is 24.2 Å². The first-order valence-electron chi connectivity index (χ1n) is 6.81. The van der Waals surface area contributed by atoms with E-state index in [1.165, 1.54) is 6.26 Å². The summed E-state index contributed by atoms with van der Waals surface area (Å²) in [7, 11) is -3.23. The molecule has 0 fully saturated rings. The van der Waals surface area contributed by atoms with Crippen molar-refractivity contribution in [1.82, 2.24) is 15.3 Å². The molecule has 21 heavy (non-hydrogen) atoms. The summed E-state index contributed by atoms with van der Waals surface area (Å²) in [6, 6.07) is 6.78.